The van der Waals surface area contributed by atoms with Crippen LogP contribution < -0.4 is 5.32 Å². The van der Waals surface area contributed by atoms with Crippen LogP contribution in [0.3, 0.4) is 0 Å². The fourth-order valence-corrected chi connectivity index (χ4v) is 3.22. The lowest BCUT2D eigenvalue weighted by molar-refractivity contribution is -0.143. The van der Waals surface area contributed by atoms with Crippen molar-refractivity contribution in [2.45, 2.75) is 12.4 Å². The summed E-state index contributed by atoms with van der Waals surface area (Å²) in [4.78, 5) is 16.3. The molecule has 2 aromatic carbocycles. The van der Waals surface area contributed by atoms with Gasteiger partial charge in [0, 0.05) is 11.6 Å². The topological polar surface area (TPSA) is 59.3 Å². The lowest BCUT2D eigenvalue weighted by Gasteiger charge is -2.14. The van der Waals surface area contributed by atoms with Crippen LogP contribution in [0, 0.1) is 29.1 Å². The number of alkyl halides is 6. The Morgan fingerprint density at radius 1 is 0.784 bits per heavy atom. The average molecular weight is 540 g/mol. The predicted molar refractivity (Wildman–Crippen MR) is 103 cm³/mol. The molecule has 0 fully saturated rings. The van der Waals surface area contributed by atoms with Crippen LogP contribution >= 0.6 is 0 Å². The molecule has 194 valence electrons. The molecule has 1 N–H and O–H groups in total. The van der Waals surface area contributed by atoms with Crippen molar-refractivity contribution in [1.29, 1.82) is 0 Å². The molecule has 4 aromatic rings. The van der Waals surface area contributed by atoms with Gasteiger partial charge >= 0.3 is 12.4 Å². The zero-order valence-electron chi connectivity index (χ0n) is 17.4. The minimum atomic E-state index is -5.83. The number of nitrogens with zero attached hydrogens (tertiary/aromatic N) is 3. The van der Waals surface area contributed by atoms with Gasteiger partial charge in [0.2, 0.25) is 0 Å². The van der Waals surface area contributed by atoms with E-state index in [1.807, 2.05) is 0 Å². The van der Waals surface area contributed by atoms with Crippen LogP contribution in [0.1, 0.15) is 21.7 Å². The van der Waals surface area contributed by atoms with Crippen LogP contribution in [-0.4, -0.2) is 20.5 Å². The number of rotatable bonds is 3. The normalized spacial score (nSPS) is 12.3. The minimum absolute atomic E-state index is 0.0291. The summed E-state index contributed by atoms with van der Waals surface area (Å²) >= 11 is 0. The van der Waals surface area contributed by atoms with Gasteiger partial charge in [0.25, 0.3) is 5.91 Å². The van der Waals surface area contributed by atoms with E-state index in [0.717, 1.165) is 24.3 Å². The molecular formula is C21H7F11N4O. The Morgan fingerprint density at radius 2 is 1.35 bits per heavy atom. The molecular weight excluding hydrogens is 533 g/mol. The Kier molecular flexibility index (Phi) is 6.08. The number of nitrogens with one attached hydrogen (secondary N) is 1. The van der Waals surface area contributed by atoms with Gasteiger partial charge in [-0.15, -0.1) is 0 Å². The molecule has 16 heteroatoms. The van der Waals surface area contributed by atoms with E-state index in [0.29, 0.717) is 12.1 Å². The van der Waals surface area contributed by atoms with Gasteiger partial charge < -0.3 is 5.32 Å². The summed E-state index contributed by atoms with van der Waals surface area (Å²) in [6.07, 6.45) is -10.9. The second-order valence-electron chi connectivity index (χ2n) is 7.29. The Hall–Kier alpha value is -4.24. The lowest BCUT2D eigenvalue weighted by Crippen LogP contribution is -2.20. The van der Waals surface area contributed by atoms with Crippen molar-refractivity contribution in [3.63, 3.8) is 0 Å². The fraction of sp³-hybridized carbons (Fsp3) is 0.0952. The summed E-state index contributed by atoms with van der Waals surface area (Å²) in [7, 11) is 0. The number of anilines is 1. The SMILES string of the molecule is O=C(Nc1c(F)c(F)c(C(F)(F)F)c(F)c1F)c1cc2nc(-c3ccc(F)cc3)cc(C(F)(F)F)n2n1. The number of amides is 1. The van der Waals surface area contributed by atoms with Crippen LogP contribution in [0.2, 0.25) is 0 Å². The first-order chi connectivity index (χ1) is 17.1. The molecule has 37 heavy (non-hydrogen) atoms. The minimum Gasteiger partial charge on any atom is -0.315 e. The highest BCUT2D eigenvalue weighted by molar-refractivity contribution is 6.03. The summed E-state index contributed by atoms with van der Waals surface area (Å²) in [6.45, 7) is 0. The third kappa shape index (κ3) is 4.65. The molecule has 0 atom stereocenters. The van der Waals surface area contributed by atoms with Crippen LogP contribution in [0.5, 0.6) is 0 Å². The van der Waals surface area contributed by atoms with E-state index >= 15 is 0 Å². The quantitative estimate of drug-likeness (QED) is 0.242. The van der Waals surface area contributed by atoms with E-state index in [1.54, 1.807) is 0 Å². The standard InChI is InChI=1S/C21H7F11N4O/c22-8-3-1-7(2-4-8)9-5-11(20(27,28)29)36-12(33-9)6-10(35-36)19(37)34-18-16(25)14(23)13(21(30,31)32)15(24)17(18)26/h1-6H,(H,34,37). The summed E-state index contributed by atoms with van der Waals surface area (Å²) < 4.78 is 148. The Morgan fingerprint density at radius 3 is 1.86 bits per heavy atom. The average Bonchev–Trinajstić information content (AvgIpc) is 3.23. The van der Waals surface area contributed by atoms with Crippen LogP contribution in [0.15, 0.2) is 36.4 Å². The van der Waals surface area contributed by atoms with Gasteiger partial charge in [-0.2, -0.15) is 31.4 Å². The monoisotopic (exact) mass is 540 g/mol. The number of hydrogen-bond donors (Lipinski definition) is 1. The van der Waals surface area contributed by atoms with E-state index in [4.69, 9.17) is 0 Å². The first kappa shape index (κ1) is 25.8. The fourth-order valence-electron chi connectivity index (χ4n) is 3.22. The number of halogens is 11. The van der Waals surface area contributed by atoms with E-state index in [2.05, 4.69) is 10.1 Å². The first-order valence-electron chi connectivity index (χ1n) is 9.58. The molecule has 0 aliphatic carbocycles. The summed E-state index contributed by atoms with van der Waals surface area (Å²) in [6, 6.07) is 5.21. The Bertz CT molecular complexity index is 1510. The number of hydrogen-bond acceptors (Lipinski definition) is 3. The van der Waals surface area contributed by atoms with Crippen LogP contribution in [-0.2, 0) is 12.4 Å². The smallest absolute Gasteiger partial charge is 0.315 e. The summed E-state index contributed by atoms with van der Waals surface area (Å²) in [5, 5.41) is 4.60. The number of carbonyl (C=O) groups is 1. The molecule has 0 bridgehead atoms. The second kappa shape index (κ2) is 8.70. The van der Waals surface area contributed by atoms with Crippen molar-refractivity contribution in [1.82, 2.24) is 14.6 Å². The number of fused-ring (bicyclic) bond motifs is 1. The van der Waals surface area contributed by atoms with Gasteiger partial charge in [-0.3, -0.25) is 4.79 Å². The molecule has 4 rings (SSSR count). The first-order valence-corrected chi connectivity index (χ1v) is 9.58. The molecule has 1 amide bonds. The van der Waals surface area contributed by atoms with E-state index in [-0.39, 0.29) is 15.8 Å². The second-order valence-corrected chi connectivity index (χ2v) is 7.29. The molecule has 0 aliphatic heterocycles. The molecule has 0 saturated carbocycles. The molecule has 2 aromatic heterocycles. The van der Waals surface area contributed by atoms with Gasteiger partial charge in [-0.05, 0) is 30.3 Å². The Labute approximate surface area is 197 Å². The van der Waals surface area contributed by atoms with Crippen molar-refractivity contribution in [2.24, 2.45) is 0 Å². The third-order valence-corrected chi connectivity index (χ3v) is 4.88. The van der Waals surface area contributed by atoms with Gasteiger partial charge in [0.15, 0.2) is 40.3 Å². The van der Waals surface area contributed by atoms with Crippen molar-refractivity contribution in [2.75, 3.05) is 5.32 Å². The highest BCUT2D eigenvalue weighted by atomic mass is 19.4. The molecule has 2 heterocycles. The van der Waals surface area contributed by atoms with Crippen LogP contribution in [0.4, 0.5) is 54.0 Å². The zero-order valence-corrected chi connectivity index (χ0v) is 17.4. The maximum Gasteiger partial charge on any atom is 0.433 e. The van der Waals surface area contributed by atoms with Gasteiger partial charge in [0.1, 0.15) is 17.1 Å². The molecule has 0 saturated heterocycles. The van der Waals surface area contributed by atoms with Crippen molar-refractivity contribution in [3.05, 3.63) is 82.4 Å². The zero-order chi connectivity index (χ0) is 27.4. The Balaban J connectivity index is 1.80. The molecule has 0 aliphatic rings. The van der Waals surface area contributed by atoms with Crippen molar-refractivity contribution < 1.29 is 53.1 Å². The van der Waals surface area contributed by atoms with Gasteiger partial charge in [-0.25, -0.2) is 31.5 Å². The van der Waals surface area contributed by atoms with Crippen molar-refractivity contribution in [3.8, 4) is 11.3 Å². The van der Waals surface area contributed by atoms with E-state index in [1.165, 1.54) is 5.32 Å². The number of benzene rings is 2. The lowest BCUT2D eigenvalue weighted by atomic mass is 10.1. The highest BCUT2D eigenvalue weighted by Crippen LogP contribution is 2.39. The van der Waals surface area contributed by atoms with Gasteiger partial charge in [0.05, 0.1) is 5.69 Å². The summed E-state index contributed by atoms with van der Waals surface area (Å²) in [5.74, 6) is -13.4. The highest BCUT2D eigenvalue weighted by Gasteiger charge is 2.43. The third-order valence-electron chi connectivity index (χ3n) is 4.88. The molecule has 5 nitrogen and oxygen atoms in total. The predicted octanol–water partition coefficient (Wildman–Crippen LogP) is 6.38. The molecule has 0 spiro atoms. The van der Waals surface area contributed by atoms with E-state index < -0.39 is 75.6 Å². The maximum absolute atomic E-state index is 14.1. The number of aromatic nitrogens is 3. The van der Waals surface area contributed by atoms with E-state index in [9.17, 15) is 53.1 Å². The van der Waals surface area contributed by atoms with Crippen LogP contribution in [0.25, 0.3) is 16.9 Å². The molecule has 0 unspecified atom stereocenters. The number of carbonyl (C=O) groups excluding carboxylic acids is 1. The summed E-state index contributed by atoms with van der Waals surface area (Å²) in [5.41, 5.74) is -8.29. The van der Waals surface area contributed by atoms with Crippen molar-refractivity contribution >= 4 is 17.2 Å². The molecule has 0 radical (unpaired) electrons. The maximum atomic E-state index is 14.1. The van der Waals surface area contributed by atoms with Gasteiger partial charge in [-0.1, -0.05) is 0 Å². The largest absolute Gasteiger partial charge is 0.433 e.